The van der Waals surface area contributed by atoms with Crippen LogP contribution >= 0.6 is 0 Å². The Morgan fingerprint density at radius 1 is 1.20 bits per heavy atom. The Balaban J connectivity index is 1.83. The third-order valence-corrected chi connectivity index (χ3v) is 4.30. The minimum Gasteiger partial charge on any atom is -0.494 e. The second-order valence-corrected chi connectivity index (χ2v) is 5.66. The summed E-state index contributed by atoms with van der Waals surface area (Å²) < 4.78 is 5.64. The average molecular weight is 277 g/mol. The highest BCUT2D eigenvalue weighted by Gasteiger charge is 2.23. The lowest BCUT2D eigenvalue weighted by Crippen LogP contribution is -2.32. The molecule has 0 radical (unpaired) electrons. The van der Waals surface area contributed by atoms with Gasteiger partial charge in [0, 0.05) is 18.7 Å². The number of aliphatic hydroxyl groups excluding tert-OH is 1. The lowest BCUT2D eigenvalue weighted by atomic mass is 9.79. The molecule has 0 aliphatic heterocycles. The summed E-state index contributed by atoms with van der Waals surface area (Å²) in [6.07, 6.45) is 5.00. The molecule has 2 unspecified atom stereocenters. The van der Waals surface area contributed by atoms with E-state index < -0.39 is 0 Å². The minimum absolute atomic E-state index is 0.335. The summed E-state index contributed by atoms with van der Waals surface area (Å²) in [6, 6.07) is 8.20. The lowest BCUT2D eigenvalue weighted by Gasteiger charge is -2.30. The van der Waals surface area contributed by atoms with E-state index in [0.29, 0.717) is 25.0 Å². The standard InChI is InChI=1S/C17H27NO2/c1-2-20-17-10-6-5-8-15(17)12-18-11-14-7-3-4-9-16(14)13-19/h5-6,8,10,14,16,18-19H,2-4,7,9,11-13H2,1H3. The molecule has 2 rings (SSSR count). The summed E-state index contributed by atoms with van der Waals surface area (Å²) in [5.41, 5.74) is 1.21. The Kier molecular flexibility index (Phi) is 6.34. The Morgan fingerprint density at radius 3 is 2.70 bits per heavy atom. The molecule has 0 bridgehead atoms. The van der Waals surface area contributed by atoms with Crippen LogP contribution in [0.15, 0.2) is 24.3 Å². The smallest absolute Gasteiger partial charge is 0.123 e. The van der Waals surface area contributed by atoms with Crippen molar-refractivity contribution in [3.8, 4) is 5.75 Å². The molecule has 0 aromatic heterocycles. The highest BCUT2D eigenvalue weighted by molar-refractivity contribution is 5.33. The van der Waals surface area contributed by atoms with Gasteiger partial charge in [0.15, 0.2) is 0 Å². The Bertz CT molecular complexity index is 394. The van der Waals surface area contributed by atoms with E-state index >= 15 is 0 Å². The van der Waals surface area contributed by atoms with Crippen molar-refractivity contribution >= 4 is 0 Å². The van der Waals surface area contributed by atoms with E-state index in [0.717, 1.165) is 18.8 Å². The molecule has 0 heterocycles. The largest absolute Gasteiger partial charge is 0.494 e. The number of rotatable bonds is 7. The van der Waals surface area contributed by atoms with Crippen LogP contribution in [-0.2, 0) is 6.54 Å². The van der Waals surface area contributed by atoms with E-state index in [4.69, 9.17) is 4.74 Å². The molecule has 0 amide bonds. The maximum absolute atomic E-state index is 9.44. The zero-order chi connectivity index (χ0) is 14.2. The fraction of sp³-hybridized carbons (Fsp3) is 0.647. The van der Waals surface area contributed by atoms with Gasteiger partial charge >= 0.3 is 0 Å². The van der Waals surface area contributed by atoms with Crippen LogP contribution in [0.4, 0.5) is 0 Å². The number of aliphatic hydroxyl groups is 1. The summed E-state index contributed by atoms with van der Waals surface area (Å²) in [7, 11) is 0. The summed E-state index contributed by atoms with van der Waals surface area (Å²) in [4.78, 5) is 0. The molecule has 1 aromatic carbocycles. The number of benzene rings is 1. The van der Waals surface area contributed by atoms with Crippen LogP contribution in [0.5, 0.6) is 5.75 Å². The maximum Gasteiger partial charge on any atom is 0.123 e. The highest BCUT2D eigenvalue weighted by atomic mass is 16.5. The van der Waals surface area contributed by atoms with Gasteiger partial charge in [-0.25, -0.2) is 0 Å². The fourth-order valence-electron chi connectivity index (χ4n) is 3.13. The van der Waals surface area contributed by atoms with Crippen LogP contribution in [-0.4, -0.2) is 24.9 Å². The Morgan fingerprint density at radius 2 is 1.95 bits per heavy atom. The van der Waals surface area contributed by atoms with Gasteiger partial charge in [0.25, 0.3) is 0 Å². The first-order chi connectivity index (χ1) is 9.85. The van der Waals surface area contributed by atoms with Crippen LogP contribution < -0.4 is 10.1 Å². The van der Waals surface area contributed by atoms with Gasteiger partial charge in [-0.2, -0.15) is 0 Å². The molecule has 0 spiro atoms. The van der Waals surface area contributed by atoms with Crippen molar-refractivity contribution in [1.82, 2.24) is 5.32 Å². The second-order valence-electron chi connectivity index (χ2n) is 5.66. The van der Waals surface area contributed by atoms with Crippen molar-refractivity contribution < 1.29 is 9.84 Å². The van der Waals surface area contributed by atoms with Gasteiger partial charge in [0.05, 0.1) is 6.61 Å². The van der Waals surface area contributed by atoms with Gasteiger partial charge in [0.2, 0.25) is 0 Å². The molecule has 1 aliphatic rings. The number of hydrogen-bond acceptors (Lipinski definition) is 3. The van der Waals surface area contributed by atoms with Crippen LogP contribution in [0.3, 0.4) is 0 Å². The third-order valence-electron chi connectivity index (χ3n) is 4.30. The quantitative estimate of drug-likeness (QED) is 0.805. The van der Waals surface area contributed by atoms with Crippen LogP contribution in [0.1, 0.15) is 38.2 Å². The normalized spacial score (nSPS) is 22.7. The molecule has 1 saturated carbocycles. The SMILES string of the molecule is CCOc1ccccc1CNCC1CCCCC1CO. The van der Waals surface area contributed by atoms with Crippen LogP contribution in [0, 0.1) is 11.8 Å². The van der Waals surface area contributed by atoms with E-state index in [1.165, 1.54) is 31.2 Å². The van der Waals surface area contributed by atoms with E-state index in [2.05, 4.69) is 17.4 Å². The van der Waals surface area contributed by atoms with Crippen molar-refractivity contribution in [3.63, 3.8) is 0 Å². The molecule has 1 aromatic rings. The predicted octanol–water partition coefficient (Wildman–Crippen LogP) is 2.97. The molecule has 1 aliphatic carbocycles. The molecular weight excluding hydrogens is 250 g/mol. The molecule has 2 atom stereocenters. The summed E-state index contributed by atoms with van der Waals surface area (Å²) in [5, 5.41) is 13.0. The molecular formula is C17H27NO2. The van der Waals surface area contributed by atoms with E-state index in [-0.39, 0.29) is 0 Å². The lowest BCUT2D eigenvalue weighted by molar-refractivity contribution is 0.133. The van der Waals surface area contributed by atoms with Gasteiger partial charge in [-0.15, -0.1) is 0 Å². The van der Waals surface area contributed by atoms with Crippen molar-refractivity contribution in [2.75, 3.05) is 19.8 Å². The first-order valence-electron chi connectivity index (χ1n) is 7.87. The van der Waals surface area contributed by atoms with Crippen molar-refractivity contribution in [2.45, 2.75) is 39.2 Å². The van der Waals surface area contributed by atoms with Gasteiger partial charge in [-0.1, -0.05) is 31.0 Å². The molecule has 2 N–H and O–H groups in total. The highest BCUT2D eigenvalue weighted by Crippen LogP contribution is 2.29. The molecule has 3 heteroatoms. The monoisotopic (exact) mass is 277 g/mol. The van der Waals surface area contributed by atoms with Crippen molar-refractivity contribution in [2.24, 2.45) is 11.8 Å². The van der Waals surface area contributed by atoms with Crippen molar-refractivity contribution in [3.05, 3.63) is 29.8 Å². The molecule has 1 fully saturated rings. The predicted molar refractivity (Wildman–Crippen MR) is 81.9 cm³/mol. The molecule has 3 nitrogen and oxygen atoms in total. The van der Waals surface area contributed by atoms with Gasteiger partial charge in [0.1, 0.15) is 5.75 Å². The Hall–Kier alpha value is -1.06. The van der Waals surface area contributed by atoms with E-state index in [9.17, 15) is 5.11 Å². The summed E-state index contributed by atoms with van der Waals surface area (Å²) in [6.45, 7) is 4.88. The average Bonchev–Trinajstić information content (AvgIpc) is 2.50. The number of para-hydroxylation sites is 1. The zero-order valence-corrected chi connectivity index (χ0v) is 12.5. The molecule has 0 saturated heterocycles. The first kappa shape index (κ1) is 15.3. The third kappa shape index (κ3) is 4.22. The van der Waals surface area contributed by atoms with Gasteiger partial charge in [-0.05, 0) is 44.2 Å². The molecule has 20 heavy (non-hydrogen) atoms. The number of hydrogen-bond donors (Lipinski definition) is 2. The topological polar surface area (TPSA) is 41.5 Å². The summed E-state index contributed by atoms with van der Waals surface area (Å²) in [5.74, 6) is 2.08. The maximum atomic E-state index is 9.44. The van der Waals surface area contributed by atoms with E-state index in [1.807, 2.05) is 19.1 Å². The van der Waals surface area contributed by atoms with E-state index in [1.54, 1.807) is 0 Å². The number of ether oxygens (including phenoxy) is 1. The van der Waals surface area contributed by atoms with Crippen molar-refractivity contribution in [1.29, 1.82) is 0 Å². The Labute approximate surface area is 122 Å². The first-order valence-corrected chi connectivity index (χ1v) is 7.87. The second kappa shape index (κ2) is 8.28. The fourth-order valence-corrected chi connectivity index (χ4v) is 3.13. The zero-order valence-electron chi connectivity index (χ0n) is 12.5. The van der Waals surface area contributed by atoms with Gasteiger partial charge < -0.3 is 15.2 Å². The van der Waals surface area contributed by atoms with Gasteiger partial charge in [-0.3, -0.25) is 0 Å². The summed E-state index contributed by atoms with van der Waals surface area (Å²) >= 11 is 0. The number of nitrogens with one attached hydrogen (secondary N) is 1. The molecule has 112 valence electrons. The van der Waals surface area contributed by atoms with Crippen LogP contribution in [0.2, 0.25) is 0 Å². The van der Waals surface area contributed by atoms with Crippen LogP contribution in [0.25, 0.3) is 0 Å². The minimum atomic E-state index is 0.335.